The molecule has 2 N–H and O–H groups in total. The van der Waals surface area contributed by atoms with Gasteiger partial charge in [0.15, 0.2) is 5.96 Å². The lowest BCUT2D eigenvalue weighted by molar-refractivity contribution is -0.0945. The van der Waals surface area contributed by atoms with Gasteiger partial charge < -0.3 is 15.4 Å². The molecule has 2 heterocycles. The van der Waals surface area contributed by atoms with Crippen LogP contribution in [0.1, 0.15) is 31.7 Å². The summed E-state index contributed by atoms with van der Waals surface area (Å²) >= 11 is 0. The number of nitrogens with one attached hydrogen (secondary N) is 2. The summed E-state index contributed by atoms with van der Waals surface area (Å²) in [4.78, 5) is 4.67. The van der Waals surface area contributed by atoms with Crippen LogP contribution >= 0.6 is 24.0 Å². The molecular formula is C16H30IN5O. The molecule has 0 unspecified atom stereocenters. The van der Waals surface area contributed by atoms with Gasteiger partial charge in [0.05, 0.1) is 25.5 Å². The predicted octanol–water partition coefficient (Wildman–Crippen LogP) is 2.10. The molecule has 1 fully saturated rings. The maximum atomic E-state index is 5.27. The normalized spacial score (nSPS) is 16.4. The van der Waals surface area contributed by atoms with E-state index in [2.05, 4.69) is 52.2 Å². The molecule has 23 heavy (non-hydrogen) atoms. The van der Waals surface area contributed by atoms with Crippen molar-refractivity contribution < 1.29 is 4.74 Å². The summed E-state index contributed by atoms with van der Waals surface area (Å²) in [5.74, 6) is 0.893. The number of aliphatic imine (C=N–C) groups is 1. The van der Waals surface area contributed by atoms with Gasteiger partial charge in [-0.05, 0) is 33.3 Å². The maximum Gasteiger partial charge on any atom is 0.191 e. The lowest BCUT2D eigenvalue weighted by Gasteiger charge is -2.36. The van der Waals surface area contributed by atoms with Crippen LogP contribution in [0.5, 0.6) is 0 Å². The van der Waals surface area contributed by atoms with Gasteiger partial charge in [-0.25, -0.2) is 0 Å². The Hall–Kier alpha value is -0.830. The topological polar surface area (TPSA) is 63.5 Å². The van der Waals surface area contributed by atoms with Crippen molar-refractivity contribution in [2.24, 2.45) is 10.4 Å². The minimum Gasteiger partial charge on any atom is -0.380 e. The summed E-state index contributed by atoms with van der Waals surface area (Å²) in [5, 5.41) is 11.2. The predicted molar refractivity (Wildman–Crippen MR) is 105 cm³/mol. The van der Waals surface area contributed by atoms with E-state index in [-0.39, 0.29) is 29.4 Å². The van der Waals surface area contributed by atoms with Crippen LogP contribution in [0, 0.1) is 19.3 Å². The fraction of sp³-hybridized carbons (Fsp3) is 0.750. The Bertz CT molecular complexity index is 511. The zero-order valence-corrected chi connectivity index (χ0v) is 17.0. The van der Waals surface area contributed by atoms with E-state index in [0.29, 0.717) is 0 Å². The van der Waals surface area contributed by atoms with Crippen molar-refractivity contribution in [2.45, 2.75) is 40.7 Å². The van der Waals surface area contributed by atoms with Gasteiger partial charge in [0.25, 0.3) is 0 Å². The fourth-order valence-electron chi connectivity index (χ4n) is 2.49. The van der Waals surface area contributed by atoms with Gasteiger partial charge in [-0.15, -0.1) is 24.0 Å². The van der Waals surface area contributed by atoms with E-state index in [1.165, 1.54) is 5.69 Å². The summed E-state index contributed by atoms with van der Waals surface area (Å²) in [5.41, 5.74) is 2.51. The van der Waals surface area contributed by atoms with Gasteiger partial charge in [-0.1, -0.05) is 6.92 Å². The Morgan fingerprint density at radius 2 is 2.13 bits per heavy atom. The molecule has 0 spiro atoms. The first kappa shape index (κ1) is 20.2. The molecule has 0 aromatic carbocycles. The Morgan fingerprint density at radius 3 is 2.65 bits per heavy atom. The first-order valence-corrected chi connectivity index (χ1v) is 8.13. The van der Waals surface area contributed by atoms with Crippen LogP contribution in [-0.4, -0.2) is 48.6 Å². The maximum absolute atomic E-state index is 5.27. The Morgan fingerprint density at radius 1 is 1.39 bits per heavy atom. The third-order valence-corrected chi connectivity index (χ3v) is 3.81. The number of aryl methyl sites for hydroxylation is 3. The number of hydrogen-bond acceptors (Lipinski definition) is 3. The summed E-state index contributed by atoms with van der Waals surface area (Å²) < 4.78 is 7.33. The van der Waals surface area contributed by atoms with E-state index in [1.807, 2.05) is 6.92 Å². The van der Waals surface area contributed by atoms with Crippen molar-refractivity contribution >= 4 is 29.9 Å². The molecule has 0 radical (unpaired) electrons. The standard InChI is InChI=1S/C16H29N5O.HI/c1-5-17-15(19-10-16(4)11-22-12-16)18-7-6-8-21-14(3)9-13(2)20-21;/h9H,5-8,10-12H2,1-4H3,(H2,17,18,19);1H. The summed E-state index contributed by atoms with van der Waals surface area (Å²) in [6, 6.07) is 2.11. The highest BCUT2D eigenvalue weighted by atomic mass is 127. The molecule has 0 atom stereocenters. The van der Waals surface area contributed by atoms with Gasteiger partial charge in [-0.2, -0.15) is 5.10 Å². The zero-order chi connectivity index (χ0) is 16.0. The Labute approximate surface area is 156 Å². The average molecular weight is 435 g/mol. The fourth-order valence-corrected chi connectivity index (χ4v) is 2.49. The number of nitrogens with zero attached hydrogens (tertiary/aromatic N) is 3. The number of ether oxygens (including phenoxy) is 1. The van der Waals surface area contributed by atoms with Crippen LogP contribution in [0.3, 0.4) is 0 Å². The van der Waals surface area contributed by atoms with E-state index in [1.54, 1.807) is 0 Å². The van der Waals surface area contributed by atoms with Gasteiger partial charge in [-0.3, -0.25) is 9.67 Å². The second-order valence-corrected chi connectivity index (χ2v) is 6.43. The van der Waals surface area contributed by atoms with E-state index >= 15 is 0 Å². The molecule has 0 bridgehead atoms. The molecule has 2 rings (SSSR count). The third-order valence-electron chi connectivity index (χ3n) is 3.81. The molecular weight excluding hydrogens is 405 g/mol. The van der Waals surface area contributed by atoms with E-state index in [0.717, 1.165) is 57.5 Å². The van der Waals surface area contributed by atoms with Crippen molar-refractivity contribution in [3.63, 3.8) is 0 Å². The van der Waals surface area contributed by atoms with Crippen LogP contribution in [0.15, 0.2) is 11.1 Å². The molecule has 1 saturated heterocycles. The first-order chi connectivity index (χ1) is 10.5. The van der Waals surface area contributed by atoms with Gasteiger partial charge in [0, 0.05) is 30.7 Å². The highest BCUT2D eigenvalue weighted by molar-refractivity contribution is 14.0. The van der Waals surface area contributed by atoms with Crippen LogP contribution < -0.4 is 10.6 Å². The molecule has 1 aromatic rings. The van der Waals surface area contributed by atoms with Crippen molar-refractivity contribution in [1.29, 1.82) is 0 Å². The molecule has 0 saturated carbocycles. The Kier molecular flexibility index (Phi) is 8.32. The zero-order valence-electron chi connectivity index (χ0n) is 14.7. The summed E-state index contributed by atoms with van der Waals surface area (Å²) in [7, 11) is 0. The Balaban J connectivity index is 0.00000264. The van der Waals surface area contributed by atoms with Crippen LogP contribution in [0.2, 0.25) is 0 Å². The van der Waals surface area contributed by atoms with Crippen molar-refractivity contribution in [2.75, 3.05) is 32.8 Å². The molecule has 0 amide bonds. The highest BCUT2D eigenvalue weighted by Gasteiger charge is 2.33. The molecule has 0 aliphatic carbocycles. The van der Waals surface area contributed by atoms with E-state index < -0.39 is 0 Å². The molecule has 1 aliphatic rings. The molecule has 1 aliphatic heterocycles. The van der Waals surface area contributed by atoms with Crippen LogP contribution in [0.4, 0.5) is 0 Å². The average Bonchev–Trinajstić information content (AvgIpc) is 2.76. The monoisotopic (exact) mass is 435 g/mol. The minimum atomic E-state index is 0. The lowest BCUT2D eigenvalue weighted by Crippen LogP contribution is -2.44. The molecule has 1 aromatic heterocycles. The number of rotatable bonds is 7. The number of halogens is 1. The van der Waals surface area contributed by atoms with Gasteiger partial charge in [0.1, 0.15) is 0 Å². The largest absolute Gasteiger partial charge is 0.380 e. The molecule has 132 valence electrons. The van der Waals surface area contributed by atoms with Crippen LogP contribution in [-0.2, 0) is 11.3 Å². The SMILES string of the molecule is CCNC(=NCC1(C)COC1)NCCCn1nc(C)cc1C.I. The first-order valence-electron chi connectivity index (χ1n) is 8.13. The van der Waals surface area contributed by atoms with Crippen molar-refractivity contribution in [1.82, 2.24) is 20.4 Å². The third kappa shape index (κ3) is 6.29. The number of hydrogen-bond donors (Lipinski definition) is 2. The second kappa shape index (κ2) is 9.46. The summed E-state index contributed by atoms with van der Waals surface area (Å²) in [6.07, 6.45) is 1.02. The lowest BCUT2D eigenvalue weighted by atomic mass is 9.89. The van der Waals surface area contributed by atoms with Crippen molar-refractivity contribution in [3.05, 3.63) is 17.5 Å². The highest BCUT2D eigenvalue weighted by Crippen LogP contribution is 2.26. The number of guanidine groups is 1. The number of aromatic nitrogens is 2. The van der Waals surface area contributed by atoms with Crippen LogP contribution in [0.25, 0.3) is 0 Å². The minimum absolute atomic E-state index is 0. The van der Waals surface area contributed by atoms with E-state index in [9.17, 15) is 0 Å². The quantitative estimate of drug-likeness (QED) is 0.298. The molecule has 6 nitrogen and oxygen atoms in total. The second-order valence-electron chi connectivity index (χ2n) is 6.43. The summed E-state index contributed by atoms with van der Waals surface area (Å²) in [6.45, 7) is 13.5. The smallest absolute Gasteiger partial charge is 0.191 e. The van der Waals surface area contributed by atoms with Crippen molar-refractivity contribution in [3.8, 4) is 0 Å². The van der Waals surface area contributed by atoms with E-state index in [4.69, 9.17) is 4.74 Å². The van der Waals surface area contributed by atoms with Gasteiger partial charge in [0.2, 0.25) is 0 Å². The molecule has 7 heteroatoms. The van der Waals surface area contributed by atoms with Gasteiger partial charge >= 0.3 is 0 Å².